The topological polar surface area (TPSA) is 92.8 Å². The zero-order chi connectivity index (χ0) is 24.1. The third kappa shape index (κ3) is 5.66. The number of hydrogen-bond acceptors (Lipinski definition) is 5. The maximum absolute atomic E-state index is 13.2. The second-order valence-electron chi connectivity index (χ2n) is 9.06. The molecule has 33 heavy (non-hydrogen) atoms. The molecule has 0 aromatic heterocycles. The van der Waals surface area contributed by atoms with Crippen LogP contribution < -0.4 is 5.32 Å². The van der Waals surface area contributed by atoms with E-state index < -0.39 is 29.7 Å². The summed E-state index contributed by atoms with van der Waals surface area (Å²) in [6.45, 7) is 8.32. The molecular formula is C26H30N2O5. The number of nitrogens with zero attached hydrogens (tertiary/aromatic N) is 1. The SMILES string of the molecule is CC(C)CCOC(=O)c1ccc(NC(=O)[C@H](CC(C)C)N2C(=O)c3ccccc3C2=O)cc1. The van der Waals surface area contributed by atoms with Gasteiger partial charge in [0, 0.05) is 5.69 Å². The molecule has 0 spiro atoms. The molecule has 0 unspecified atom stereocenters. The van der Waals surface area contributed by atoms with Gasteiger partial charge >= 0.3 is 5.97 Å². The number of amides is 3. The Morgan fingerprint density at radius 2 is 1.45 bits per heavy atom. The first-order chi connectivity index (χ1) is 15.7. The van der Waals surface area contributed by atoms with Gasteiger partial charge in [-0.2, -0.15) is 0 Å². The number of hydrogen-bond donors (Lipinski definition) is 1. The number of rotatable bonds is 9. The van der Waals surface area contributed by atoms with E-state index in [2.05, 4.69) is 19.2 Å². The van der Waals surface area contributed by atoms with Crippen LogP contribution in [0.4, 0.5) is 5.69 Å². The highest BCUT2D eigenvalue weighted by Gasteiger charge is 2.42. The first kappa shape index (κ1) is 24.2. The molecule has 2 aromatic rings. The van der Waals surface area contributed by atoms with Crippen LogP contribution in [0.1, 0.15) is 71.6 Å². The van der Waals surface area contributed by atoms with E-state index in [0.29, 0.717) is 41.3 Å². The second kappa shape index (κ2) is 10.4. The molecule has 7 nitrogen and oxygen atoms in total. The Morgan fingerprint density at radius 3 is 1.97 bits per heavy atom. The zero-order valence-electron chi connectivity index (χ0n) is 19.5. The van der Waals surface area contributed by atoms with Gasteiger partial charge in [0.15, 0.2) is 0 Å². The molecule has 0 fully saturated rings. The summed E-state index contributed by atoms with van der Waals surface area (Å²) in [4.78, 5) is 52.2. The smallest absolute Gasteiger partial charge is 0.338 e. The third-order valence-corrected chi connectivity index (χ3v) is 5.45. The summed E-state index contributed by atoms with van der Waals surface area (Å²) >= 11 is 0. The summed E-state index contributed by atoms with van der Waals surface area (Å²) in [5, 5.41) is 2.78. The summed E-state index contributed by atoms with van der Waals surface area (Å²) in [7, 11) is 0. The molecule has 1 heterocycles. The highest BCUT2D eigenvalue weighted by atomic mass is 16.5. The Labute approximate surface area is 194 Å². The van der Waals surface area contributed by atoms with E-state index in [9.17, 15) is 19.2 Å². The molecule has 2 aromatic carbocycles. The summed E-state index contributed by atoms with van der Waals surface area (Å²) < 4.78 is 5.26. The van der Waals surface area contributed by atoms with Gasteiger partial charge in [-0.15, -0.1) is 0 Å². The molecule has 0 radical (unpaired) electrons. The number of ether oxygens (including phenoxy) is 1. The largest absolute Gasteiger partial charge is 0.462 e. The fourth-order valence-corrected chi connectivity index (χ4v) is 3.65. The summed E-state index contributed by atoms with van der Waals surface area (Å²) in [6.07, 6.45) is 1.12. The van der Waals surface area contributed by atoms with E-state index in [-0.39, 0.29) is 5.92 Å². The Bertz CT molecular complexity index is 1010. The quantitative estimate of drug-likeness (QED) is 0.447. The van der Waals surface area contributed by atoms with E-state index in [1.54, 1.807) is 48.5 Å². The highest BCUT2D eigenvalue weighted by molar-refractivity contribution is 6.23. The minimum Gasteiger partial charge on any atom is -0.462 e. The van der Waals surface area contributed by atoms with Crippen molar-refractivity contribution < 1.29 is 23.9 Å². The summed E-state index contributed by atoms with van der Waals surface area (Å²) in [5.74, 6) is -1.28. The Balaban J connectivity index is 1.72. The van der Waals surface area contributed by atoms with Crippen LogP contribution in [0, 0.1) is 11.8 Å². The van der Waals surface area contributed by atoms with Gasteiger partial charge in [-0.25, -0.2) is 4.79 Å². The number of benzene rings is 2. The molecule has 174 valence electrons. The molecule has 0 aliphatic carbocycles. The van der Waals surface area contributed by atoms with Gasteiger partial charge in [-0.1, -0.05) is 39.8 Å². The molecule has 1 atom stereocenters. The van der Waals surface area contributed by atoms with E-state index >= 15 is 0 Å². The van der Waals surface area contributed by atoms with E-state index in [1.165, 1.54) is 0 Å². The van der Waals surface area contributed by atoms with Crippen LogP contribution in [0.2, 0.25) is 0 Å². The van der Waals surface area contributed by atoms with Crippen molar-refractivity contribution in [1.29, 1.82) is 0 Å². The van der Waals surface area contributed by atoms with Crippen LogP contribution in [0.5, 0.6) is 0 Å². The number of imide groups is 1. The Morgan fingerprint density at radius 1 is 0.879 bits per heavy atom. The van der Waals surface area contributed by atoms with Crippen LogP contribution in [-0.4, -0.2) is 41.2 Å². The van der Waals surface area contributed by atoms with Gasteiger partial charge in [0.2, 0.25) is 5.91 Å². The molecule has 7 heteroatoms. The molecule has 3 rings (SSSR count). The predicted molar refractivity (Wildman–Crippen MR) is 125 cm³/mol. The average molecular weight is 451 g/mol. The molecule has 1 aliphatic rings. The van der Waals surface area contributed by atoms with Gasteiger partial charge in [0.05, 0.1) is 23.3 Å². The maximum Gasteiger partial charge on any atom is 0.338 e. The molecule has 3 amide bonds. The van der Waals surface area contributed by atoms with Gasteiger partial charge < -0.3 is 10.1 Å². The van der Waals surface area contributed by atoms with Crippen molar-refractivity contribution in [3.8, 4) is 0 Å². The van der Waals surface area contributed by atoms with Crippen molar-refractivity contribution in [3.05, 3.63) is 65.2 Å². The van der Waals surface area contributed by atoms with Crippen molar-refractivity contribution >= 4 is 29.4 Å². The first-order valence-corrected chi connectivity index (χ1v) is 11.2. The standard InChI is InChI=1S/C26H30N2O5/c1-16(2)13-14-33-26(32)18-9-11-19(12-10-18)27-23(29)22(15-17(3)4)28-24(30)20-7-5-6-8-21(20)25(28)31/h5-12,16-17,22H,13-15H2,1-4H3,(H,27,29)/t22-/m0/s1. The summed E-state index contributed by atoms with van der Waals surface area (Å²) in [6, 6.07) is 12.0. The molecule has 1 aliphatic heterocycles. The van der Waals surface area contributed by atoms with E-state index in [0.717, 1.165) is 11.3 Å². The zero-order valence-corrected chi connectivity index (χ0v) is 19.5. The van der Waals surface area contributed by atoms with Gasteiger partial charge in [-0.3, -0.25) is 19.3 Å². The number of carbonyl (C=O) groups excluding carboxylic acids is 4. The molecule has 0 saturated carbocycles. The normalized spacial score (nSPS) is 13.9. The van der Waals surface area contributed by atoms with Crippen molar-refractivity contribution in [1.82, 2.24) is 4.90 Å². The molecular weight excluding hydrogens is 420 g/mol. The van der Waals surface area contributed by atoms with Crippen LogP contribution in [0.25, 0.3) is 0 Å². The van der Waals surface area contributed by atoms with Crippen molar-refractivity contribution in [3.63, 3.8) is 0 Å². The van der Waals surface area contributed by atoms with Gasteiger partial charge in [0.1, 0.15) is 6.04 Å². The molecule has 0 saturated heterocycles. The number of fused-ring (bicyclic) bond motifs is 1. The van der Waals surface area contributed by atoms with Crippen LogP contribution in [0.15, 0.2) is 48.5 Å². The van der Waals surface area contributed by atoms with E-state index in [4.69, 9.17) is 4.74 Å². The van der Waals surface area contributed by atoms with Crippen molar-refractivity contribution in [2.24, 2.45) is 11.8 Å². The number of esters is 1. The number of carbonyl (C=O) groups is 4. The Kier molecular flexibility index (Phi) is 7.63. The lowest BCUT2D eigenvalue weighted by atomic mass is 10.0. The van der Waals surface area contributed by atoms with E-state index in [1.807, 2.05) is 13.8 Å². The lowest BCUT2D eigenvalue weighted by molar-refractivity contribution is -0.120. The van der Waals surface area contributed by atoms with Gasteiger partial charge in [-0.05, 0) is 61.1 Å². The fourth-order valence-electron chi connectivity index (χ4n) is 3.65. The van der Waals surface area contributed by atoms with Crippen molar-refractivity contribution in [2.45, 2.75) is 46.6 Å². The van der Waals surface area contributed by atoms with Crippen LogP contribution in [0.3, 0.4) is 0 Å². The summed E-state index contributed by atoms with van der Waals surface area (Å²) in [5.41, 5.74) is 1.47. The first-order valence-electron chi connectivity index (χ1n) is 11.2. The lowest BCUT2D eigenvalue weighted by Gasteiger charge is -2.26. The minimum atomic E-state index is -0.946. The minimum absolute atomic E-state index is 0.0769. The molecule has 1 N–H and O–H groups in total. The maximum atomic E-state index is 13.2. The second-order valence-corrected chi connectivity index (χ2v) is 9.06. The van der Waals surface area contributed by atoms with Crippen LogP contribution in [-0.2, 0) is 9.53 Å². The van der Waals surface area contributed by atoms with Gasteiger partial charge in [0.25, 0.3) is 11.8 Å². The highest BCUT2D eigenvalue weighted by Crippen LogP contribution is 2.27. The lowest BCUT2D eigenvalue weighted by Crippen LogP contribution is -2.47. The third-order valence-electron chi connectivity index (χ3n) is 5.45. The predicted octanol–water partition coefficient (Wildman–Crippen LogP) is 4.54. The monoisotopic (exact) mass is 450 g/mol. The van der Waals surface area contributed by atoms with Crippen molar-refractivity contribution in [2.75, 3.05) is 11.9 Å². The Hall–Kier alpha value is -3.48. The average Bonchev–Trinajstić information content (AvgIpc) is 3.02. The van der Waals surface area contributed by atoms with Crippen LogP contribution >= 0.6 is 0 Å². The fraction of sp³-hybridized carbons (Fsp3) is 0.385. The number of anilines is 1. The molecule has 0 bridgehead atoms. The number of nitrogens with one attached hydrogen (secondary N) is 1.